The van der Waals surface area contributed by atoms with Crippen LogP contribution in [0.3, 0.4) is 0 Å². The van der Waals surface area contributed by atoms with E-state index in [0.29, 0.717) is 23.1 Å². The van der Waals surface area contributed by atoms with Gasteiger partial charge in [0.25, 0.3) is 5.91 Å². The second kappa shape index (κ2) is 11.7. The summed E-state index contributed by atoms with van der Waals surface area (Å²) in [4.78, 5) is 14.9. The Labute approximate surface area is 237 Å². The molecule has 206 valence electrons. The van der Waals surface area contributed by atoms with Crippen LogP contribution in [0.25, 0.3) is 11.1 Å². The summed E-state index contributed by atoms with van der Waals surface area (Å²) in [5.41, 5.74) is 6.51. The van der Waals surface area contributed by atoms with Crippen LogP contribution in [0, 0.1) is 0 Å². The number of amides is 1. The quantitative estimate of drug-likeness (QED) is 0.259. The molecule has 1 aliphatic rings. The zero-order valence-corrected chi connectivity index (χ0v) is 23.9. The summed E-state index contributed by atoms with van der Waals surface area (Å²) >= 11 is 0. The molecule has 4 aromatic carbocycles. The third kappa shape index (κ3) is 6.27. The number of hydrogen-bond donors (Lipinski definition) is 2. The number of anilines is 2. The van der Waals surface area contributed by atoms with Gasteiger partial charge in [-0.05, 0) is 79.5 Å². The van der Waals surface area contributed by atoms with Gasteiger partial charge in [0.2, 0.25) is 10.0 Å². The van der Waals surface area contributed by atoms with Gasteiger partial charge in [-0.2, -0.15) is 0 Å². The van der Waals surface area contributed by atoms with Crippen molar-refractivity contribution in [1.82, 2.24) is 4.90 Å². The molecule has 4 aromatic rings. The number of nitrogens with one attached hydrogen (secondary N) is 2. The molecule has 1 amide bonds. The molecule has 1 fully saturated rings. The number of sulfonamides is 1. The van der Waals surface area contributed by atoms with E-state index in [1.165, 1.54) is 11.1 Å². The summed E-state index contributed by atoms with van der Waals surface area (Å²) in [6.45, 7) is 5.25. The van der Waals surface area contributed by atoms with E-state index in [-0.39, 0.29) is 5.91 Å². The van der Waals surface area contributed by atoms with E-state index >= 15 is 0 Å². The molecule has 0 saturated carbocycles. The van der Waals surface area contributed by atoms with Crippen LogP contribution in [0.4, 0.5) is 11.4 Å². The zero-order valence-electron chi connectivity index (χ0n) is 23.0. The zero-order chi connectivity index (χ0) is 28.3. The lowest BCUT2D eigenvalue weighted by atomic mass is 9.83. The maximum atomic E-state index is 12.5. The summed E-state index contributed by atoms with van der Waals surface area (Å²) < 4.78 is 27.3. The Morgan fingerprint density at radius 3 is 1.95 bits per heavy atom. The van der Waals surface area contributed by atoms with E-state index in [1.54, 1.807) is 32.0 Å². The Hall–Kier alpha value is -3.94. The van der Waals surface area contributed by atoms with E-state index < -0.39 is 15.3 Å². The Morgan fingerprint density at radius 2 is 1.35 bits per heavy atom. The summed E-state index contributed by atoms with van der Waals surface area (Å²) in [5.74, 6) is 0.561. The van der Waals surface area contributed by atoms with Crippen LogP contribution < -0.4 is 10.0 Å². The molecule has 1 heterocycles. The monoisotopic (exact) mass is 553 g/mol. The molecule has 1 saturated heterocycles. The molecular formula is C33H35N3O3S. The molecule has 2 atom stereocenters. The van der Waals surface area contributed by atoms with Crippen LogP contribution in [0.15, 0.2) is 103 Å². The highest BCUT2D eigenvalue weighted by Gasteiger charge is 2.33. The summed E-state index contributed by atoms with van der Waals surface area (Å²) in [6, 6.07) is 33.5. The smallest absolute Gasteiger partial charge is 0.255 e. The molecule has 40 heavy (non-hydrogen) atoms. The third-order valence-electron chi connectivity index (χ3n) is 7.55. The Morgan fingerprint density at radius 1 is 0.750 bits per heavy atom. The molecule has 6 nitrogen and oxygen atoms in total. The number of carbonyl (C=O) groups excluding carboxylic acids is 1. The molecule has 0 unspecified atom stereocenters. The SMILES string of the molecule is CC(C)S(=O)(=O)Nc1cccc(-c2ccc([C@H]3CN(C)C[C@@H]3c3ccc(NC(=O)c4ccccc4)cc3)cc2)c1. The van der Waals surface area contributed by atoms with Crippen molar-refractivity contribution in [2.45, 2.75) is 30.9 Å². The van der Waals surface area contributed by atoms with E-state index in [0.717, 1.165) is 29.9 Å². The second-order valence-electron chi connectivity index (χ2n) is 10.8. The first-order valence-corrected chi connectivity index (χ1v) is 15.1. The van der Waals surface area contributed by atoms with Gasteiger partial charge in [0.1, 0.15) is 0 Å². The predicted octanol–water partition coefficient (Wildman–Crippen LogP) is 6.57. The number of benzene rings is 4. The molecule has 0 aromatic heterocycles. The van der Waals surface area contributed by atoms with Crippen LogP contribution in [0.2, 0.25) is 0 Å². The number of carbonyl (C=O) groups is 1. The molecule has 1 aliphatic heterocycles. The van der Waals surface area contributed by atoms with Gasteiger partial charge in [0.05, 0.1) is 5.25 Å². The first kappa shape index (κ1) is 27.6. The van der Waals surface area contributed by atoms with Gasteiger partial charge in [-0.25, -0.2) is 8.42 Å². The van der Waals surface area contributed by atoms with Crippen LogP contribution in [-0.2, 0) is 10.0 Å². The van der Waals surface area contributed by atoms with Crippen molar-refractivity contribution in [3.05, 3.63) is 120 Å². The predicted molar refractivity (Wildman–Crippen MR) is 163 cm³/mol. The minimum Gasteiger partial charge on any atom is -0.322 e. The fraction of sp³-hybridized carbons (Fsp3) is 0.242. The van der Waals surface area contributed by atoms with Crippen molar-refractivity contribution in [2.24, 2.45) is 0 Å². The lowest BCUT2D eigenvalue weighted by Crippen LogP contribution is -2.22. The topological polar surface area (TPSA) is 78.5 Å². The maximum absolute atomic E-state index is 12.5. The third-order valence-corrected chi connectivity index (χ3v) is 9.31. The van der Waals surface area contributed by atoms with Crippen molar-refractivity contribution in [3.63, 3.8) is 0 Å². The van der Waals surface area contributed by atoms with E-state index in [9.17, 15) is 13.2 Å². The lowest BCUT2D eigenvalue weighted by Gasteiger charge is -2.20. The number of hydrogen-bond acceptors (Lipinski definition) is 4. The van der Waals surface area contributed by atoms with Gasteiger partial charge in [-0.15, -0.1) is 0 Å². The first-order chi connectivity index (χ1) is 19.2. The fourth-order valence-electron chi connectivity index (χ4n) is 5.25. The highest BCUT2D eigenvalue weighted by molar-refractivity contribution is 7.93. The van der Waals surface area contributed by atoms with Gasteiger partial charge < -0.3 is 10.2 Å². The molecule has 0 spiro atoms. The Kier molecular flexibility index (Phi) is 8.05. The normalized spacial score (nSPS) is 17.6. The fourth-order valence-corrected chi connectivity index (χ4v) is 5.94. The van der Waals surface area contributed by atoms with E-state index in [4.69, 9.17) is 0 Å². The van der Waals surface area contributed by atoms with Crippen LogP contribution in [-0.4, -0.2) is 44.6 Å². The van der Waals surface area contributed by atoms with Crippen LogP contribution >= 0.6 is 0 Å². The molecular weight excluding hydrogens is 518 g/mol. The molecule has 0 radical (unpaired) electrons. The molecule has 0 bridgehead atoms. The molecule has 5 rings (SSSR count). The standard InChI is InChI=1S/C33H35N3O3S/c1-23(2)40(38,39)35-30-11-7-10-28(20-30)24-12-14-25(15-13-24)31-21-36(3)22-32(31)26-16-18-29(19-17-26)34-33(37)27-8-5-4-6-9-27/h4-20,23,31-32,35H,21-22H2,1-3H3,(H,34,37)/t31-,32-/m1/s1. The van der Waals surface area contributed by atoms with Crippen molar-refractivity contribution in [2.75, 3.05) is 30.2 Å². The molecule has 7 heteroatoms. The van der Waals surface area contributed by atoms with Crippen molar-refractivity contribution >= 4 is 27.3 Å². The highest BCUT2D eigenvalue weighted by atomic mass is 32.2. The Balaban J connectivity index is 1.30. The first-order valence-electron chi connectivity index (χ1n) is 13.6. The minimum absolute atomic E-state index is 0.116. The van der Waals surface area contributed by atoms with Gasteiger partial charge in [0, 0.05) is 41.9 Å². The van der Waals surface area contributed by atoms with Crippen LogP contribution in [0.1, 0.15) is 47.2 Å². The van der Waals surface area contributed by atoms with Gasteiger partial charge in [0.15, 0.2) is 0 Å². The number of nitrogens with zero attached hydrogens (tertiary/aromatic N) is 1. The average Bonchev–Trinajstić information content (AvgIpc) is 3.35. The average molecular weight is 554 g/mol. The van der Waals surface area contributed by atoms with E-state index in [1.807, 2.05) is 48.5 Å². The minimum atomic E-state index is -3.40. The molecule has 0 aliphatic carbocycles. The number of likely N-dealkylation sites (tertiary alicyclic amines) is 1. The summed E-state index contributed by atoms with van der Waals surface area (Å²) in [6.07, 6.45) is 0. The van der Waals surface area contributed by atoms with Gasteiger partial charge >= 0.3 is 0 Å². The number of likely N-dealkylation sites (N-methyl/N-ethyl adjacent to an activating group) is 1. The second-order valence-corrected chi connectivity index (χ2v) is 13.0. The Bertz CT molecular complexity index is 1570. The van der Waals surface area contributed by atoms with Crippen molar-refractivity contribution < 1.29 is 13.2 Å². The summed E-state index contributed by atoms with van der Waals surface area (Å²) in [7, 11) is -1.25. The lowest BCUT2D eigenvalue weighted by molar-refractivity contribution is 0.102. The largest absolute Gasteiger partial charge is 0.322 e. The van der Waals surface area contributed by atoms with E-state index in [2.05, 4.69) is 58.4 Å². The maximum Gasteiger partial charge on any atom is 0.255 e. The van der Waals surface area contributed by atoms with Crippen LogP contribution in [0.5, 0.6) is 0 Å². The number of rotatable bonds is 8. The van der Waals surface area contributed by atoms with Gasteiger partial charge in [-0.1, -0.05) is 66.7 Å². The summed E-state index contributed by atoms with van der Waals surface area (Å²) in [5, 5.41) is 2.48. The van der Waals surface area contributed by atoms with Crippen molar-refractivity contribution in [1.29, 1.82) is 0 Å². The van der Waals surface area contributed by atoms with Gasteiger partial charge in [-0.3, -0.25) is 9.52 Å². The van der Waals surface area contributed by atoms with Crippen molar-refractivity contribution in [3.8, 4) is 11.1 Å². The molecule has 2 N–H and O–H groups in total. The highest BCUT2D eigenvalue weighted by Crippen LogP contribution is 2.40.